The van der Waals surface area contributed by atoms with Crippen LogP contribution in [0.2, 0.25) is 0 Å². The van der Waals surface area contributed by atoms with E-state index in [1.807, 2.05) is 42.7 Å². The van der Waals surface area contributed by atoms with Gasteiger partial charge in [-0.15, -0.1) is 5.10 Å². The fourth-order valence-corrected chi connectivity index (χ4v) is 3.81. The second kappa shape index (κ2) is 6.02. The van der Waals surface area contributed by atoms with E-state index in [1.165, 1.54) is 0 Å². The number of fused-ring (bicyclic) bond motifs is 2. The molecule has 1 atom stereocenters. The van der Waals surface area contributed by atoms with Crippen LogP contribution in [0.25, 0.3) is 22.2 Å². The molecule has 0 spiro atoms. The molecule has 0 fully saturated rings. The maximum atomic E-state index is 5.67. The number of ether oxygens (including phenoxy) is 2. The smallest absolute Gasteiger partial charge is 0.160 e. The van der Waals surface area contributed by atoms with E-state index >= 15 is 0 Å². The minimum absolute atomic E-state index is 0.105. The van der Waals surface area contributed by atoms with Crippen molar-refractivity contribution in [1.82, 2.24) is 15.2 Å². The number of nitrogens with zero attached hydrogens (tertiary/aromatic N) is 2. The van der Waals surface area contributed by atoms with E-state index in [4.69, 9.17) is 9.47 Å². The molecule has 1 aliphatic rings. The summed E-state index contributed by atoms with van der Waals surface area (Å²) in [6.45, 7) is 0. The predicted molar refractivity (Wildman–Crippen MR) is 104 cm³/mol. The molecule has 5 rings (SSSR count). The molecule has 0 saturated carbocycles. The van der Waals surface area contributed by atoms with Gasteiger partial charge in [0.2, 0.25) is 0 Å². The largest absolute Gasteiger partial charge is 0.497 e. The Balaban J connectivity index is 1.80. The predicted octanol–water partition coefficient (Wildman–Crippen LogP) is 4.16. The molecule has 27 heavy (non-hydrogen) atoms. The fourth-order valence-electron chi connectivity index (χ4n) is 3.81. The number of para-hydroxylation sites is 1. The van der Waals surface area contributed by atoms with E-state index in [0.29, 0.717) is 0 Å². The summed E-state index contributed by atoms with van der Waals surface area (Å²) in [4.78, 5) is 3.26. The van der Waals surface area contributed by atoms with Gasteiger partial charge in [-0.25, -0.2) is 0 Å². The Labute approximate surface area is 156 Å². The minimum atomic E-state index is -0.105. The van der Waals surface area contributed by atoms with Crippen molar-refractivity contribution in [3.63, 3.8) is 0 Å². The molecule has 0 radical (unpaired) electrons. The van der Waals surface area contributed by atoms with Gasteiger partial charge in [-0.05, 0) is 18.2 Å². The number of nitrogens with one attached hydrogen (secondary N) is 2. The summed E-state index contributed by atoms with van der Waals surface area (Å²) in [7, 11) is 3.33. The quantitative estimate of drug-likeness (QED) is 0.575. The van der Waals surface area contributed by atoms with Crippen LogP contribution in [0, 0.1) is 0 Å². The summed E-state index contributed by atoms with van der Waals surface area (Å²) in [5.74, 6) is 1.53. The number of hydrogen-bond donors (Lipinski definition) is 2. The van der Waals surface area contributed by atoms with E-state index in [-0.39, 0.29) is 6.04 Å². The topological polar surface area (TPSA) is 72.1 Å². The zero-order valence-corrected chi connectivity index (χ0v) is 15.0. The van der Waals surface area contributed by atoms with Crippen LogP contribution >= 0.6 is 0 Å². The zero-order valence-electron chi connectivity index (χ0n) is 15.0. The van der Waals surface area contributed by atoms with Crippen LogP contribution in [0.5, 0.6) is 11.5 Å². The highest BCUT2D eigenvalue weighted by atomic mass is 16.5. The van der Waals surface area contributed by atoms with Crippen molar-refractivity contribution in [1.29, 1.82) is 0 Å². The highest BCUT2D eigenvalue weighted by molar-refractivity contribution is 6.00. The van der Waals surface area contributed by atoms with Gasteiger partial charge >= 0.3 is 0 Å². The lowest BCUT2D eigenvalue weighted by molar-refractivity contribution is 0.390. The Morgan fingerprint density at radius 1 is 0.963 bits per heavy atom. The summed E-state index contributed by atoms with van der Waals surface area (Å²) in [5, 5.41) is 13.2. The minimum Gasteiger partial charge on any atom is -0.497 e. The second-order valence-electron chi connectivity index (χ2n) is 6.46. The van der Waals surface area contributed by atoms with Gasteiger partial charge in [0.05, 0.1) is 26.5 Å². The number of H-pyrrole nitrogens is 1. The van der Waals surface area contributed by atoms with Crippen molar-refractivity contribution >= 4 is 16.7 Å². The highest BCUT2D eigenvalue weighted by Crippen LogP contribution is 2.45. The van der Waals surface area contributed by atoms with Gasteiger partial charge in [-0.1, -0.05) is 18.2 Å². The lowest BCUT2D eigenvalue weighted by Crippen LogP contribution is -2.12. The van der Waals surface area contributed by atoms with Crippen LogP contribution in [0.15, 0.2) is 54.9 Å². The maximum Gasteiger partial charge on any atom is 0.160 e. The Hall–Kier alpha value is -3.54. The molecule has 6 heteroatoms. The van der Waals surface area contributed by atoms with Crippen molar-refractivity contribution in [2.24, 2.45) is 0 Å². The van der Waals surface area contributed by atoms with Crippen molar-refractivity contribution in [2.45, 2.75) is 6.04 Å². The monoisotopic (exact) mass is 358 g/mol. The number of methoxy groups -OCH3 is 2. The van der Waals surface area contributed by atoms with E-state index in [0.717, 1.165) is 50.5 Å². The van der Waals surface area contributed by atoms with Gasteiger partial charge in [0, 0.05) is 45.6 Å². The van der Waals surface area contributed by atoms with Crippen molar-refractivity contribution in [3.8, 4) is 22.6 Å². The lowest BCUT2D eigenvalue weighted by Gasteiger charge is -2.22. The Kier molecular flexibility index (Phi) is 3.50. The Morgan fingerprint density at radius 3 is 2.70 bits per heavy atom. The van der Waals surface area contributed by atoms with Gasteiger partial charge in [0.1, 0.15) is 11.5 Å². The first-order valence-electron chi connectivity index (χ1n) is 8.70. The van der Waals surface area contributed by atoms with Crippen molar-refractivity contribution < 1.29 is 9.47 Å². The van der Waals surface area contributed by atoms with Gasteiger partial charge in [0.25, 0.3) is 0 Å². The van der Waals surface area contributed by atoms with Crippen LogP contribution in [0.3, 0.4) is 0 Å². The van der Waals surface area contributed by atoms with Crippen LogP contribution in [-0.2, 0) is 0 Å². The summed E-state index contributed by atoms with van der Waals surface area (Å²) in [6.07, 6.45) is 3.82. The molecule has 4 aromatic rings. The Bertz CT molecular complexity index is 1150. The van der Waals surface area contributed by atoms with Gasteiger partial charge < -0.3 is 19.8 Å². The number of aromatic nitrogens is 3. The first kappa shape index (κ1) is 15.7. The third kappa shape index (κ3) is 2.33. The zero-order chi connectivity index (χ0) is 18.4. The molecular weight excluding hydrogens is 340 g/mol. The first-order chi connectivity index (χ1) is 13.3. The lowest BCUT2D eigenvalue weighted by atomic mass is 9.97. The standard InChI is InChI=1S/C21H18N4O2/c1-26-12-7-8-14(18(9-12)27-2)20-16-10-22-21-19(16)15(11-23-25-21)13-5-3-4-6-17(13)24-20/h3-11,20,24H,1-2H3,(H,22,25). The van der Waals surface area contributed by atoms with Crippen molar-refractivity contribution in [3.05, 3.63) is 66.0 Å². The summed E-state index contributed by atoms with van der Waals surface area (Å²) < 4.78 is 11.0. The molecule has 1 unspecified atom stereocenters. The number of rotatable bonds is 3. The molecule has 0 amide bonds. The number of benzene rings is 2. The molecule has 2 aromatic heterocycles. The maximum absolute atomic E-state index is 5.67. The van der Waals surface area contributed by atoms with Crippen LogP contribution in [0.4, 0.5) is 5.69 Å². The number of aromatic amines is 1. The molecule has 6 nitrogen and oxygen atoms in total. The summed E-state index contributed by atoms with van der Waals surface area (Å²) in [5.41, 5.74) is 6.13. The SMILES string of the molecule is COc1ccc(C2Nc3ccccc3-c3cnnc4[nH]cc2c34)c(OC)c1. The number of hydrogen-bond acceptors (Lipinski definition) is 5. The average molecular weight is 358 g/mol. The van der Waals surface area contributed by atoms with Crippen LogP contribution in [0.1, 0.15) is 17.2 Å². The molecule has 2 N–H and O–H groups in total. The molecule has 0 saturated heterocycles. The summed E-state index contributed by atoms with van der Waals surface area (Å²) >= 11 is 0. The fraction of sp³-hybridized carbons (Fsp3) is 0.143. The van der Waals surface area contributed by atoms with E-state index < -0.39 is 0 Å². The van der Waals surface area contributed by atoms with Gasteiger partial charge in [0.15, 0.2) is 5.65 Å². The third-order valence-electron chi connectivity index (χ3n) is 5.08. The molecular formula is C21H18N4O2. The van der Waals surface area contributed by atoms with Crippen LogP contribution in [-0.4, -0.2) is 29.4 Å². The summed E-state index contributed by atoms with van der Waals surface area (Å²) in [6, 6.07) is 14.0. The molecule has 3 heterocycles. The first-order valence-corrected chi connectivity index (χ1v) is 8.70. The van der Waals surface area contributed by atoms with E-state index in [1.54, 1.807) is 14.2 Å². The molecule has 0 aliphatic carbocycles. The average Bonchev–Trinajstić information content (AvgIpc) is 3.09. The molecule has 0 bridgehead atoms. The third-order valence-corrected chi connectivity index (χ3v) is 5.08. The van der Waals surface area contributed by atoms with Gasteiger partial charge in [-0.2, -0.15) is 5.10 Å². The van der Waals surface area contributed by atoms with E-state index in [2.05, 4.69) is 32.6 Å². The van der Waals surface area contributed by atoms with Crippen LogP contribution < -0.4 is 14.8 Å². The second-order valence-corrected chi connectivity index (χ2v) is 6.46. The van der Waals surface area contributed by atoms with Crippen molar-refractivity contribution in [2.75, 3.05) is 19.5 Å². The molecule has 2 aromatic carbocycles. The Morgan fingerprint density at radius 2 is 1.85 bits per heavy atom. The number of anilines is 1. The normalized spacial score (nSPS) is 15.0. The molecule has 1 aliphatic heterocycles. The highest BCUT2D eigenvalue weighted by Gasteiger charge is 2.28. The molecule has 134 valence electrons. The van der Waals surface area contributed by atoms with Gasteiger partial charge in [-0.3, -0.25) is 0 Å². The van der Waals surface area contributed by atoms with E-state index in [9.17, 15) is 0 Å².